The third-order valence-electron chi connectivity index (χ3n) is 5.68. The molecule has 1 aliphatic heterocycles. The van der Waals surface area contributed by atoms with Crippen LogP contribution in [0.15, 0.2) is 29.4 Å². The lowest BCUT2D eigenvalue weighted by atomic mass is 9.85. The van der Waals surface area contributed by atoms with Gasteiger partial charge in [-0.3, -0.25) is 9.59 Å². The normalized spacial score (nSPS) is 29.9. The van der Waals surface area contributed by atoms with Crippen molar-refractivity contribution in [1.82, 2.24) is 5.01 Å². The minimum Gasteiger partial charge on any atom is -0.488 e. The van der Waals surface area contributed by atoms with Gasteiger partial charge < -0.3 is 4.74 Å². The number of halogens is 2. The van der Waals surface area contributed by atoms with E-state index in [-0.39, 0.29) is 41.6 Å². The van der Waals surface area contributed by atoms with E-state index in [1.807, 2.05) is 13.8 Å². The van der Waals surface area contributed by atoms with Gasteiger partial charge in [-0.1, -0.05) is 42.3 Å². The van der Waals surface area contributed by atoms with Crippen molar-refractivity contribution >= 4 is 41.2 Å². The molecule has 142 valence electrons. The first kappa shape index (κ1) is 18.5. The highest BCUT2D eigenvalue weighted by Crippen LogP contribution is 2.52. The highest BCUT2D eigenvalue weighted by molar-refractivity contribution is 6.37. The molecule has 4 rings (SSSR count). The lowest BCUT2D eigenvalue weighted by molar-refractivity contribution is -0.140. The fourth-order valence-electron chi connectivity index (χ4n) is 4.18. The lowest BCUT2D eigenvalue weighted by Crippen LogP contribution is -2.28. The number of fused-ring (bicyclic) bond motifs is 5. The van der Waals surface area contributed by atoms with E-state index in [1.54, 1.807) is 12.1 Å². The summed E-state index contributed by atoms with van der Waals surface area (Å²) in [5, 5.41) is 5.88. The molecule has 2 aliphatic carbocycles. The number of allylic oxidation sites excluding steroid dienone is 2. The van der Waals surface area contributed by atoms with Gasteiger partial charge in [-0.2, -0.15) is 10.1 Å². The summed E-state index contributed by atoms with van der Waals surface area (Å²) in [7, 11) is 0. The molecule has 0 aromatic heterocycles. The highest BCUT2D eigenvalue weighted by Gasteiger charge is 2.59. The van der Waals surface area contributed by atoms with Crippen LogP contribution in [-0.2, 0) is 9.59 Å². The summed E-state index contributed by atoms with van der Waals surface area (Å²) in [6, 6.07) is 3.32. The molecule has 0 spiro atoms. The van der Waals surface area contributed by atoms with Crippen LogP contribution in [0.2, 0.25) is 10.0 Å². The van der Waals surface area contributed by atoms with Crippen LogP contribution in [-0.4, -0.2) is 29.1 Å². The molecule has 5 nitrogen and oxygen atoms in total. The average Bonchev–Trinajstić information content (AvgIpc) is 3.31. The van der Waals surface area contributed by atoms with Crippen LogP contribution in [0.3, 0.4) is 0 Å². The molecule has 0 radical (unpaired) electrons. The first-order valence-electron chi connectivity index (χ1n) is 9.16. The van der Waals surface area contributed by atoms with E-state index >= 15 is 0 Å². The highest BCUT2D eigenvalue weighted by atomic mass is 35.5. The van der Waals surface area contributed by atoms with E-state index in [4.69, 9.17) is 27.9 Å². The molecule has 1 aromatic rings. The second-order valence-corrected chi connectivity index (χ2v) is 8.20. The first-order valence-corrected chi connectivity index (χ1v) is 9.92. The van der Waals surface area contributed by atoms with Gasteiger partial charge in [0, 0.05) is 0 Å². The maximum Gasteiger partial charge on any atom is 0.254 e. The fraction of sp³-hybridized carbons (Fsp3) is 0.450. The van der Waals surface area contributed by atoms with Crippen LogP contribution in [0.25, 0.3) is 0 Å². The molecule has 0 N–H and O–H groups in total. The Bertz CT molecular complexity index is 814. The Hall–Kier alpha value is -1.85. The zero-order valence-corrected chi connectivity index (χ0v) is 16.6. The standard InChI is InChI=1S/C20H20Cl2N2O3/c1-3-10(2)27-18-14(21)6-11(7-15(18)22)9-23-24-19(25)16-12-4-5-13(8-12)17(16)20(24)26/h4-7,9-10,12-13,16-17H,3,8H2,1-2H3/t10-,12+,13+,16-,17+/m1/s1. The molecule has 7 heteroatoms. The molecule has 2 fully saturated rings. The fourth-order valence-corrected chi connectivity index (χ4v) is 4.77. The third-order valence-corrected chi connectivity index (χ3v) is 6.25. The van der Waals surface area contributed by atoms with Crippen LogP contribution in [0.1, 0.15) is 32.3 Å². The molecule has 0 unspecified atom stereocenters. The van der Waals surface area contributed by atoms with E-state index in [1.165, 1.54) is 6.21 Å². The quantitative estimate of drug-likeness (QED) is 0.415. The lowest BCUT2D eigenvalue weighted by Gasteiger charge is -2.16. The summed E-state index contributed by atoms with van der Waals surface area (Å²) in [6.07, 6.45) is 7.26. The summed E-state index contributed by atoms with van der Waals surface area (Å²) < 4.78 is 5.74. The topological polar surface area (TPSA) is 59.0 Å². The Balaban J connectivity index is 1.54. The van der Waals surface area contributed by atoms with Crippen molar-refractivity contribution in [3.05, 3.63) is 39.9 Å². The van der Waals surface area contributed by atoms with Crippen molar-refractivity contribution in [2.24, 2.45) is 28.8 Å². The van der Waals surface area contributed by atoms with Gasteiger partial charge in [0.05, 0.1) is 34.2 Å². The van der Waals surface area contributed by atoms with Gasteiger partial charge >= 0.3 is 0 Å². The Morgan fingerprint density at radius 3 is 2.26 bits per heavy atom. The van der Waals surface area contributed by atoms with E-state index in [9.17, 15) is 9.59 Å². The molecule has 5 atom stereocenters. The smallest absolute Gasteiger partial charge is 0.254 e. The summed E-state index contributed by atoms with van der Waals surface area (Å²) in [5.74, 6) is -0.198. The SMILES string of the molecule is CC[C@@H](C)Oc1c(Cl)cc(C=NN2C(=O)[C@@H]3[C@H](C2=O)[C@H]2C=C[C@H]3C2)cc1Cl. The van der Waals surface area contributed by atoms with E-state index in [0.717, 1.165) is 17.9 Å². The number of nitrogens with zero attached hydrogens (tertiary/aromatic N) is 2. The minimum atomic E-state index is -0.261. The second kappa shape index (κ2) is 6.95. The third kappa shape index (κ3) is 3.07. The van der Waals surface area contributed by atoms with Gasteiger partial charge in [0.25, 0.3) is 11.8 Å². The maximum absolute atomic E-state index is 12.6. The number of ether oxygens (including phenoxy) is 1. The Morgan fingerprint density at radius 2 is 1.74 bits per heavy atom. The molecule has 3 aliphatic rings. The summed E-state index contributed by atoms with van der Waals surface area (Å²) in [6.45, 7) is 3.94. The van der Waals surface area contributed by atoms with Crippen LogP contribution in [0.5, 0.6) is 5.75 Å². The Kier molecular flexibility index (Phi) is 4.77. The average molecular weight is 407 g/mol. The monoisotopic (exact) mass is 406 g/mol. The molecule has 2 amide bonds. The molecule has 1 saturated carbocycles. The molecule has 1 aromatic carbocycles. The summed E-state index contributed by atoms with van der Waals surface area (Å²) in [4.78, 5) is 25.3. The van der Waals surface area contributed by atoms with Crippen molar-refractivity contribution in [2.45, 2.75) is 32.8 Å². The van der Waals surface area contributed by atoms with Gasteiger partial charge in [-0.15, -0.1) is 0 Å². The van der Waals surface area contributed by atoms with Crippen molar-refractivity contribution in [3.63, 3.8) is 0 Å². The number of hydrogen-bond donors (Lipinski definition) is 0. The summed E-state index contributed by atoms with van der Waals surface area (Å²) in [5.41, 5.74) is 0.597. The van der Waals surface area contributed by atoms with Gasteiger partial charge in [-0.05, 0) is 49.3 Å². The zero-order chi connectivity index (χ0) is 19.3. The largest absolute Gasteiger partial charge is 0.488 e. The predicted octanol–water partition coefficient (Wildman–Crippen LogP) is 4.31. The van der Waals surface area contributed by atoms with Crippen LogP contribution < -0.4 is 4.74 Å². The molecular formula is C20H20Cl2N2O3. The predicted molar refractivity (Wildman–Crippen MR) is 104 cm³/mol. The number of amides is 2. The maximum atomic E-state index is 12.6. The number of carbonyl (C=O) groups is 2. The van der Waals surface area contributed by atoms with Crippen molar-refractivity contribution < 1.29 is 14.3 Å². The zero-order valence-electron chi connectivity index (χ0n) is 15.1. The summed E-state index contributed by atoms with van der Waals surface area (Å²) >= 11 is 12.6. The number of benzene rings is 1. The van der Waals surface area contributed by atoms with Crippen LogP contribution in [0, 0.1) is 23.7 Å². The molecule has 1 saturated heterocycles. The number of rotatable bonds is 5. The minimum absolute atomic E-state index is 0.0113. The van der Waals surface area contributed by atoms with E-state index < -0.39 is 0 Å². The molecule has 1 heterocycles. The number of carbonyl (C=O) groups excluding carboxylic acids is 2. The Labute approximate surface area is 168 Å². The van der Waals surface area contributed by atoms with Gasteiger partial charge in [0.15, 0.2) is 5.75 Å². The first-order chi connectivity index (χ1) is 12.9. The van der Waals surface area contributed by atoms with Gasteiger partial charge in [-0.25, -0.2) is 0 Å². The number of hydrazone groups is 1. The van der Waals surface area contributed by atoms with Crippen molar-refractivity contribution in [1.29, 1.82) is 0 Å². The van der Waals surface area contributed by atoms with Crippen LogP contribution in [0.4, 0.5) is 0 Å². The second-order valence-electron chi connectivity index (χ2n) is 7.38. The van der Waals surface area contributed by atoms with Gasteiger partial charge in [0.2, 0.25) is 0 Å². The molecule has 27 heavy (non-hydrogen) atoms. The molecular weight excluding hydrogens is 387 g/mol. The number of imide groups is 1. The number of hydrogen-bond acceptors (Lipinski definition) is 4. The van der Waals surface area contributed by atoms with E-state index in [2.05, 4.69) is 17.3 Å². The van der Waals surface area contributed by atoms with Crippen molar-refractivity contribution in [3.8, 4) is 5.75 Å². The van der Waals surface area contributed by atoms with Crippen LogP contribution >= 0.6 is 23.2 Å². The van der Waals surface area contributed by atoms with Crippen molar-refractivity contribution in [2.75, 3.05) is 0 Å². The van der Waals surface area contributed by atoms with E-state index in [0.29, 0.717) is 21.4 Å². The molecule has 2 bridgehead atoms. The Morgan fingerprint density at radius 1 is 1.19 bits per heavy atom. The van der Waals surface area contributed by atoms with Gasteiger partial charge in [0.1, 0.15) is 0 Å².